The molecule has 1 aromatic heterocycles. The molecule has 0 saturated carbocycles. The first-order chi connectivity index (χ1) is 13.4. The summed E-state index contributed by atoms with van der Waals surface area (Å²) >= 11 is 6.28. The monoisotopic (exact) mass is 404 g/mol. The van der Waals surface area contributed by atoms with Crippen LogP contribution in [-0.4, -0.2) is 29.0 Å². The quantitative estimate of drug-likeness (QED) is 0.766. The summed E-state index contributed by atoms with van der Waals surface area (Å²) in [6.45, 7) is 7.44. The fourth-order valence-corrected chi connectivity index (χ4v) is 3.89. The van der Waals surface area contributed by atoms with Crippen molar-refractivity contribution in [2.24, 2.45) is 5.92 Å². The van der Waals surface area contributed by atoms with E-state index >= 15 is 0 Å². The third-order valence-electron chi connectivity index (χ3n) is 5.27. The van der Waals surface area contributed by atoms with Gasteiger partial charge in [0.1, 0.15) is 22.6 Å². The van der Waals surface area contributed by atoms with E-state index in [1.54, 1.807) is 13.0 Å². The molecule has 1 saturated heterocycles. The van der Waals surface area contributed by atoms with E-state index in [9.17, 15) is 9.18 Å². The van der Waals surface area contributed by atoms with Gasteiger partial charge in [0, 0.05) is 31.1 Å². The number of aryl methyl sites for hydroxylation is 2. The van der Waals surface area contributed by atoms with Crippen molar-refractivity contribution in [3.63, 3.8) is 0 Å². The maximum absolute atomic E-state index is 13.6. The molecule has 0 bridgehead atoms. The number of halogens is 2. The summed E-state index contributed by atoms with van der Waals surface area (Å²) in [5, 5.41) is 3.45. The molecule has 1 fully saturated rings. The van der Waals surface area contributed by atoms with Gasteiger partial charge in [0.2, 0.25) is 5.91 Å². The highest BCUT2D eigenvalue weighted by Crippen LogP contribution is 2.29. The number of hydrogen-bond acceptors (Lipinski definition) is 4. The molecule has 0 spiro atoms. The van der Waals surface area contributed by atoms with Gasteiger partial charge in [-0.2, -0.15) is 0 Å². The lowest BCUT2D eigenvalue weighted by atomic mass is 9.95. The molecule has 1 amide bonds. The molecule has 7 heteroatoms. The Labute approximate surface area is 170 Å². The highest BCUT2D eigenvalue weighted by Gasteiger charge is 2.27. The van der Waals surface area contributed by atoms with E-state index in [1.165, 1.54) is 6.07 Å². The molecule has 150 valence electrons. The van der Waals surface area contributed by atoms with Crippen LogP contribution in [0.15, 0.2) is 18.2 Å². The van der Waals surface area contributed by atoms with Gasteiger partial charge in [-0.05, 0) is 50.3 Å². The molecule has 0 atom stereocenters. The van der Waals surface area contributed by atoms with Crippen molar-refractivity contribution >= 4 is 23.3 Å². The smallest absolute Gasteiger partial charge is 0.223 e. The van der Waals surface area contributed by atoms with Crippen LogP contribution < -0.4 is 10.2 Å². The summed E-state index contributed by atoms with van der Waals surface area (Å²) in [5.74, 6) is 1.27. The Morgan fingerprint density at radius 1 is 1.29 bits per heavy atom. The van der Waals surface area contributed by atoms with Gasteiger partial charge in [-0.25, -0.2) is 14.4 Å². The number of nitrogens with zero attached hydrogens (tertiary/aromatic N) is 3. The molecule has 1 aromatic carbocycles. The van der Waals surface area contributed by atoms with Gasteiger partial charge in [0.25, 0.3) is 0 Å². The molecule has 2 aromatic rings. The normalized spacial score (nSPS) is 15.0. The van der Waals surface area contributed by atoms with Gasteiger partial charge in [0.05, 0.1) is 0 Å². The van der Waals surface area contributed by atoms with E-state index in [2.05, 4.69) is 20.2 Å². The molecule has 3 rings (SSSR count). The Balaban J connectivity index is 1.58. The Morgan fingerprint density at radius 2 is 2.00 bits per heavy atom. The van der Waals surface area contributed by atoms with Gasteiger partial charge in [-0.3, -0.25) is 4.79 Å². The van der Waals surface area contributed by atoms with Crippen molar-refractivity contribution in [3.8, 4) is 0 Å². The van der Waals surface area contributed by atoms with Crippen LogP contribution in [0.25, 0.3) is 0 Å². The number of hydrogen-bond donors (Lipinski definition) is 1. The highest BCUT2D eigenvalue weighted by atomic mass is 35.5. The summed E-state index contributed by atoms with van der Waals surface area (Å²) in [5.41, 5.74) is 2.33. The van der Waals surface area contributed by atoms with E-state index in [4.69, 9.17) is 11.6 Å². The van der Waals surface area contributed by atoms with Crippen LogP contribution in [0.4, 0.5) is 10.2 Å². The number of piperidine rings is 1. The number of amides is 1. The summed E-state index contributed by atoms with van der Waals surface area (Å²) in [6.07, 6.45) is 2.26. The standard InChI is InChI=1S/C21H26ClFN4O/c1-4-17-19(22)25-14(3)26-20(17)27-9-7-16(8-10-27)21(28)24-12-15-6-5-13(2)18(23)11-15/h5-6,11,16H,4,7-10,12H2,1-3H3,(H,24,28). The molecule has 0 radical (unpaired) electrons. The molecule has 2 heterocycles. The van der Waals surface area contributed by atoms with Gasteiger partial charge >= 0.3 is 0 Å². The zero-order valence-corrected chi connectivity index (χ0v) is 17.3. The van der Waals surface area contributed by atoms with E-state index < -0.39 is 0 Å². The third-order valence-corrected chi connectivity index (χ3v) is 5.58. The maximum Gasteiger partial charge on any atom is 0.223 e. The van der Waals surface area contributed by atoms with Crippen molar-refractivity contribution in [2.75, 3.05) is 18.0 Å². The number of aromatic nitrogens is 2. The van der Waals surface area contributed by atoms with Crippen molar-refractivity contribution in [3.05, 3.63) is 51.7 Å². The molecule has 5 nitrogen and oxygen atoms in total. The van der Waals surface area contributed by atoms with Crippen LogP contribution in [0.2, 0.25) is 5.15 Å². The Bertz CT molecular complexity index is 866. The number of benzene rings is 1. The van der Waals surface area contributed by atoms with Crippen LogP contribution >= 0.6 is 11.6 Å². The summed E-state index contributed by atoms with van der Waals surface area (Å²) in [6, 6.07) is 5.05. The van der Waals surface area contributed by atoms with E-state index in [0.717, 1.165) is 49.3 Å². The first kappa shape index (κ1) is 20.5. The predicted molar refractivity (Wildman–Crippen MR) is 109 cm³/mol. The minimum Gasteiger partial charge on any atom is -0.356 e. The topological polar surface area (TPSA) is 58.1 Å². The largest absolute Gasteiger partial charge is 0.356 e. The average molecular weight is 405 g/mol. The van der Waals surface area contributed by atoms with Crippen molar-refractivity contribution < 1.29 is 9.18 Å². The zero-order chi connectivity index (χ0) is 20.3. The van der Waals surface area contributed by atoms with Crippen molar-refractivity contribution in [1.29, 1.82) is 0 Å². The SMILES string of the molecule is CCc1c(Cl)nc(C)nc1N1CCC(C(=O)NCc2ccc(C)c(F)c2)CC1. The van der Waals surface area contributed by atoms with Crippen molar-refractivity contribution in [1.82, 2.24) is 15.3 Å². The maximum atomic E-state index is 13.6. The Morgan fingerprint density at radius 3 is 2.64 bits per heavy atom. The highest BCUT2D eigenvalue weighted by molar-refractivity contribution is 6.30. The third kappa shape index (κ3) is 4.61. The molecular formula is C21H26ClFN4O. The summed E-state index contributed by atoms with van der Waals surface area (Å²) in [4.78, 5) is 23.5. The molecule has 1 aliphatic rings. The van der Waals surface area contributed by atoms with Gasteiger partial charge < -0.3 is 10.2 Å². The zero-order valence-electron chi connectivity index (χ0n) is 16.6. The molecule has 0 unspecified atom stereocenters. The number of anilines is 1. The Hall–Kier alpha value is -2.21. The number of carbonyl (C=O) groups is 1. The van der Waals surface area contributed by atoms with Crippen LogP contribution in [0, 0.1) is 25.6 Å². The lowest BCUT2D eigenvalue weighted by Gasteiger charge is -2.33. The average Bonchev–Trinajstić information content (AvgIpc) is 2.68. The Kier molecular flexibility index (Phi) is 6.50. The summed E-state index contributed by atoms with van der Waals surface area (Å²) in [7, 11) is 0. The number of carbonyl (C=O) groups excluding carboxylic acids is 1. The molecular weight excluding hydrogens is 379 g/mol. The van der Waals surface area contributed by atoms with E-state index in [0.29, 0.717) is 23.1 Å². The first-order valence-corrected chi connectivity index (χ1v) is 10.1. The summed E-state index contributed by atoms with van der Waals surface area (Å²) < 4.78 is 13.6. The van der Waals surface area contributed by atoms with Crippen LogP contribution in [0.1, 0.15) is 42.3 Å². The minimum absolute atomic E-state index is 0.0215. The fourth-order valence-electron chi connectivity index (χ4n) is 3.55. The second kappa shape index (κ2) is 8.86. The first-order valence-electron chi connectivity index (χ1n) is 9.69. The molecule has 1 aliphatic heterocycles. The van der Waals surface area contributed by atoms with E-state index in [1.807, 2.05) is 19.9 Å². The molecule has 28 heavy (non-hydrogen) atoms. The predicted octanol–water partition coefficient (Wildman–Crippen LogP) is 3.98. The van der Waals surface area contributed by atoms with Crippen LogP contribution in [0.3, 0.4) is 0 Å². The van der Waals surface area contributed by atoms with Crippen molar-refractivity contribution in [2.45, 2.75) is 46.6 Å². The van der Waals surface area contributed by atoms with Gasteiger partial charge in [-0.15, -0.1) is 0 Å². The second-order valence-corrected chi connectivity index (χ2v) is 7.64. The second-order valence-electron chi connectivity index (χ2n) is 7.28. The van der Waals surface area contributed by atoms with Crippen LogP contribution in [-0.2, 0) is 17.8 Å². The number of nitrogens with one attached hydrogen (secondary N) is 1. The molecule has 1 N–H and O–H groups in total. The van der Waals surface area contributed by atoms with Gasteiger partial charge in [-0.1, -0.05) is 30.7 Å². The minimum atomic E-state index is -0.245. The van der Waals surface area contributed by atoms with Gasteiger partial charge in [0.15, 0.2) is 0 Å². The van der Waals surface area contributed by atoms with E-state index in [-0.39, 0.29) is 17.6 Å². The lowest BCUT2D eigenvalue weighted by Crippen LogP contribution is -2.41. The van der Waals surface area contributed by atoms with Crippen LogP contribution in [0.5, 0.6) is 0 Å². The lowest BCUT2D eigenvalue weighted by molar-refractivity contribution is -0.125. The number of rotatable bonds is 5. The fraction of sp³-hybridized carbons (Fsp3) is 0.476. The molecule has 0 aliphatic carbocycles.